The summed E-state index contributed by atoms with van der Waals surface area (Å²) in [6, 6.07) is 8.24. The van der Waals surface area contributed by atoms with E-state index in [1.54, 1.807) is 6.92 Å². The van der Waals surface area contributed by atoms with E-state index in [0.717, 1.165) is 12.0 Å². The minimum atomic E-state index is -0.347. The van der Waals surface area contributed by atoms with Crippen LogP contribution in [0.3, 0.4) is 0 Å². The van der Waals surface area contributed by atoms with Gasteiger partial charge in [-0.1, -0.05) is 37.6 Å². The zero-order valence-electron chi connectivity index (χ0n) is 8.46. The molecule has 1 N–H and O–H groups in total. The van der Waals surface area contributed by atoms with E-state index in [9.17, 15) is 5.11 Å². The fourth-order valence-corrected chi connectivity index (χ4v) is 1.34. The third-order valence-electron chi connectivity index (χ3n) is 2.28. The molecule has 1 atom stereocenters. The van der Waals surface area contributed by atoms with E-state index >= 15 is 0 Å². The van der Waals surface area contributed by atoms with E-state index in [0.29, 0.717) is 0 Å². The highest BCUT2D eigenvalue weighted by molar-refractivity contribution is 5.23. The predicted octanol–water partition coefficient (Wildman–Crippen LogP) is 3.08. The standard InChI is InChI=1S/C12H18O/c1-3-4-5-11-6-8-12(9-7-11)10(2)13/h6-10,13H,3-5H2,1-2H3/t10-/m1/s1. The SMILES string of the molecule is CCCCc1ccc([C@@H](C)O)cc1. The number of aliphatic hydroxyl groups excluding tert-OH is 1. The molecule has 0 aliphatic rings. The zero-order valence-corrected chi connectivity index (χ0v) is 8.46. The lowest BCUT2D eigenvalue weighted by Gasteiger charge is -2.05. The average Bonchev–Trinajstić information content (AvgIpc) is 2.15. The number of aryl methyl sites for hydroxylation is 1. The minimum absolute atomic E-state index is 0.347. The molecule has 0 aliphatic carbocycles. The molecular formula is C12H18O. The highest BCUT2D eigenvalue weighted by Gasteiger charge is 1.99. The summed E-state index contributed by atoms with van der Waals surface area (Å²) in [5.74, 6) is 0. The van der Waals surface area contributed by atoms with Crippen LogP contribution in [0, 0.1) is 0 Å². The molecule has 13 heavy (non-hydrogen) atoms. The number of rotatable bonds is 4. The molecule has 0 saturated carbocycles. The molecule has 1 aromatic rings. The van der Waals surface area contributed by atoms with Crippen LogP contribution in [0.15, 0.2) is 24.3 Å². The van der Waals surface area contributed by atoms with Crippen molar-refractivity contribution in [3.63, 3.8) is 0 Å². The van der Waals surface area contributed by atoms with Crippen molar-refractivity contribution >= 4 is 0 Å². The summed E-state index contributed by atoms with van der Waals surface area (Å²) in [6.45, 7) is 3.99. The van der Waals surface area contributed by atoms with Crippen molar-refractivity contribution < 1.29 is 5.11 Å². The summed E-state index contributed by atoms with van der Waals surface area (Å²) < 4.78 is 0. The van der Waals surface area contributed by atoms with Gasteiger partial charge < -0.3 is 5.11 Å². The molecule has 0 saturated heterocycles. The van der Waals surface area contributed by atoms with Gasteiger partial charge in [0.15, 0.2) is 0 Å². The van der Waals surface area contributed by atoms with Gasteiger partial charge in [0.1, 0.15) is 0 Å². The first-order valence-corrected chi connectivity index (χ1v) is 5.01. The van der Waals surface area contributed by atoms with Crippen LogP contribution in [0.25, 0.3) is 0 Å². The Morgan fingerprint density at radius 1 is 1.23 bits per heavy atom. The Kier molecular flexibility index (Phi) is 3.97. The lowest BCUT2D eigenvalue weighted by atomic mass is 10.0. The molecule has 0 heterocycles. The first-order valence-electron chi connectivity index (χ1n) is 5.01. The van der Waals surface area contributed by atoms with Gasteiger partial charge in [-0.25, -0.2) is 0 Å². The van der Waals surface area contributed by atoms with Crippen LogP contribution in [0.1, 0.15) is 43.9 Å². The summed E-state index contributed by atoms with van der Waals surface area (Å²) in [6.07, 6.45) is 3.28. The largest absolute Gasteiger partial charge is 0.389 e. The molecule has 0 bridgehead atoms. The first-order chi connectivity index (χ1) is 6.24. The highest BCUT2D eigenvalue weighted by atomic mass is 16.3. The van der Waals surface area contributed by atoms with Crippen LogP contribution >= 0.6 is 0 Å². The van der Waals surface area contributed by atoms with Gasteiger partial charge in [-0.3, -0.25) is 0 Å². The number of hydrogen-bond acceptors (Lipinski definition) is 1. The Morgan fingerprint density at radius 2 is 1.85 bits per heavy atom. The monoisotopic (exact) mass is 178 g/mol. The summed E-state index contributed by atoms with van der Waals surface area (Å²) in [5, 5.41) is 9.29. The Hall–Kier alpha value is -0.820. The molecule has 0 spiro atoms. The van der Waals surface area contributed by atoms with Crippen LogP contribution in [-0.2, 0) is 6.42 Å². The molecule has 0 aliphatic heterocycles. The molecule has 1 heteroatoms. The Morgan fingerprint density at radius 3 is 2.31 bits per heavy atom. The maximum Gasteiger partial charge on any atom is 0.0761 e. The van der Waals surface area contributed by atoms with Gasteiger partial charge in [0.25, 0.3) is 0 Å². The molecule has 0 aromatic heterocycles. The number of hydrogen-bond donors (Lipinski definition) is 1. The number of unbranched alkanes of at least 4 members (excludes halogenated alkanes) is 1. The Labute approximate surface area is 80.4 Å². The van der Waals surface area contributed by atoms with Crippen molar-refractivity contribution in [1.82, 2.24) is 0 Å². The second-order valence-corrected chi connectivity index (χ2v) is 3.52. The quantitative estimate of drug-likeness (QED) is 0.751. The van der Waals surface area contributed by atoms with Crippen molar-refractivity contribution in [3.8, 4) is 0 Å². The lowest BCUT2D eigenvalue weighted by molar-refractivity contribution is 0.199. The lowest BCUT2D eigenvalue weighted by Crippen LogP contribution is -1.91. The fraction of sp³-hybridized carbons (Fsp3) is 0.500. The number of benzene rings is 1. The van der Waals surface area contributed by atoms with Crippen LogP contribution in [0.5, 0.6) is 0 Å². The summed E-state index contributed by atoms with van der Waals surface area (Å²) in [5.41, 5.74) is 2.37. The summed E-state index contributed by atoms with van der Waals surface area (Å²) >= 11 is 0. The normalized spacial score (nSPS) is 12.8. The highest BCUT2D eigenvalue weighted by Crippen LogP contribution is 2.13. The first kappa shape index (κ1) is 10.3. The molecular weight excluding hydrogens is 160 g/mol. The van der Waals surface area contributed by atoms with Crippen LogP contribution < -0.4 is 0 Å². The number of aliphatic hydroxyl groups is 1. The van der Waals surface area contributed by atoms with Gasteiger partial charge >= 0.3 is 0 Å². The fourth-order valence-electron chi connectivity index (χ4n) is 1.34. The van der Waals surface area contributed by atoms with Gasteiger partial charge in [0, 0.05) is 0 Å². The van der Waals surface area contributed by atoms with E-state index in [1.807, 2.05) is 12.1 Å². The van der Waals surface area contributed by atoms with E-state index in [2.05, 4.69) is 19.1 Å². The molecule has 0 fully saturated rings. The third-order valence-corrected chi connectivity index (χ3v) is 2.28. The molecule has 72 valence electrons. The van der Waals surface area contributed by atoms with Crippen LogP contribution in [0.2, 0.25) is 0 Å². The van der Waals surface area contributed by atoms with E-state index < -0.39 is 0 Å². The van der Waals surface area contributed by atoms with Gasteiger partial charge in [0.05, 0.1) is 6.10 Å². The molecule has 1 aromatic carbocycles. The zero-order chi connectivity index (χ0) is 9.68. The smallest absolute Gasteiger partial charge is 0.0761 e. The topological polar surface area (TPSA) is 20.2 Å². The van der Waals surface area contributed by atoms with Gasteiger partial charge in [-0.15, -0.1) is 0 Å². The Bertz CT molecular complexity index is 236. The van der Waals surface area contributed by atoms with Crippen LogP contribution in [-0.4, -0.2) is 5.11 Å². The van der Waals surface area contributed by atoms with Crippen molar-refractivity contribution in [1.29, 1.82) is 0 Å². The van der Waals surface area contributed by atoms with Gasteiger partial charge in [-0.2, -0.15) is 0 Å². The second kappa shape index (κ2) is 5.03. The van der Waals surface area contributed by atoms with E-state index in [1.165, 1.54) is 18.4 Å². The average molecular weight is 178 g/mol. The molecule has 0 radical (unpaired) electrons. The third kappa shape index (κ3) is 3.19. The van der Waals surface area contributed by atoms with E-state index in [4.69, 9.17) is 0 Å². The molecule has 0 amide bonds. The molecule has 1 nitrogen and oxygen atoms in total. The van der Waals surface area contributed by atoms with Crippen molar-refractivity contribution in [3.05, 3.63) is 35.4 Å². The maximum atomic E-state index is 9.29. The maximum absolute atomic E-state index is 9.29. The van der Waals surface area contributed by atoms with Crippen molar-refractivity contribution in [2.45, 2.75) is 39.2 Å². The second-order valence-electron chi connectivity index (χ2n) is 3.52. The van der Waals surface area contributed by atoms with Crippen molar-refractivity contribution in [2.75, 3.05) is 0 Å². The van der Waals surface area contributed by atoms with Gasteiger partial charge in [-0.05, 0) is 30.9 Å². The molecule has 1 rings (SSSR count). The summed E-state index contributed by atoms with van der Waals surface area (Å²) in [4.78, 5) is 0. The van der Waals surface area contributed by atoms with Crippen molar-refractivity contribution in [2.24, 2.45) is 0 Å². The molecule has 0 unspecified atom stereocenters. The predicted molar refractivity (Wildman–Crippen MR) is 55.7 cm³/mol. The minimum Gasteiger partial charge on any atom is -0.389 e. The van der Waals surface area contributed by atoms with Gasteiger partial charge in [0.2, 0.25) is 0 Å². The van der Waals surface area contributed by atoms with Crippen LogP contribution in [0.4, 0.5) is 0 Å². The Balaban J connectivity index is 2.59. The van der Waals surface area contributed by atoms with E-state index in [-0.39, 0.29) is 6.10 Å². The summed E-state index contributed by atoms with van der Waals surface area (Å²) in [7, 11) is 0.